The predicted octanol–water partition coefficient (Wildman–Crippen LogP) is 4.67. The van der Waals surface area contributed by atoms with Crippen LogP contribution >= 0.6 is 0 Å². The van der Waals surface area contributed by atoms with Crippen LogP contribution < -0.4 is 10.1 Å². The fourth-order valence-corrected chi connectivity index (χ4v) is 5.86. The van der Waals surface area contributed by atoms with Gasteiger partial charge in [-0.3, -0.25) is 4.79 Å². The van der Waals surface area contributed by atoms with Crippen LogP contribution in [0, 0.1) is 0 Å². The molecule has 186 valence electrons. The van der Waals surface area contributed by atoms with Gasteiger partial charge in [0.05, 0.1) is 12.0 Å². The van der Waals surface area contributed by atoms with Gasteiger partial charge in [-0.05, 0) is 72.9 Å². The van der Waals surface area contributed by atoms with Crippen molar-refractivity contribution in [3.63, 3.8) is 0 Å². The minimum absolute atomic E-state index is 0.0403. The summed E-state index contributed by atoms with van der Waals surface area (Å²) in [5.41, 5.74) is 3.34. The lowest BCUT2D eigenvalue weighted by Gasteiger charge is -2.26. The van der Waals surface area contributed by atoms with Crippen molar-refractivity contribution in [3.05, 3.63) is 59.2 Å². The van der Waals surface area contributed by atoms with E-state index < -0.39 is 10.0 Å². The van der Waals surface area contributed by atoms with Crippen LogP contribution in [0.5, 0.6) is 5.75 Å². The molecule has 1 amide bonds. The fraction of sp³-hybridized carbons (Fsp3) is 0.519. The van der Waals surface area contributed by atoms with E-state index in [2.05, 4.69) is 43.4 Å². The number of hydrogen-bond acceptors (Lipinski definition) is 4. The number of benzene rings is 2. The Bertz CT molecular complexity index is 1040. The molecule has 0 atom stereocenters. The lowest BCUT2D eigenvalue weighted by atomic mass is 10.0. The van der Waals surface area contributed by atoms with E-state index in [9.17, 15) is 13.2 Å². The van der Waals surface area contributed by atoms with Gasteiger partial charge >= 0.3 is 0 Å². The number of carbonyl (C=O) groups is 1. The molecule has 34 heavy (non-hydrogen) atoms. The molecule has 0 spiro atoms. The van der Waals surface area contributed by atoms with Crippen molar-refractivity contribution in [2.45, 2.75) is 69.6 Å². The van der Waals surface area contributed by atoms with E-state index in [4.69, 9.17) is 4.74 Å². The second kappa shape index (κ2) is 12.4. The Hall–Kier alpha value is -2.38. The summed E-state index contributed by atoms with van der Waals surface area (Å²) in [6.45, 7) is 6.11. The van der Waals surface area contributed by atoms with Gasteiger partial charge in [0.2, 0.25) is 15.9 Å². The monoisotopic (exact) mass is 486 g/mol. The van der Waals surface area contributed by atoms with Crippen LogP contribution in [0.1, 0.15) is 68.6 Å². The van der Waals surface area contributed by atoms with Gasteiger partial charge in [-0.2, -0.15) is 4.31 Å². The summed E-state index contributed by atoms with van der Waals surface area (Å²) in [5.74, 6) is 1.09. The summed E-state index contributed by atoms with van der Waals surface area (Å²) < 4.78 is 33.0. The average molecular weight is 487 g/mol. The maximum atomic E-state index is 13.0. The molecular formula is C27H38N2O4S. The van der Waals surface area contributed by atoms with Gasteiger partial charge in [-0.15, -0.1) is 0 Å². The van der Waals surface area contributed by atoms with Gasteiger partial charge in [0.25, 0.3) is 0 Å². The molecule has 0 saturated carbocycles. The largest absolute Gasteiger partial charge is 0.496 e. The van der Waals surface area contributed by atoms with Crippen LogP contribution in [-0.2, 0) is 27.7 Å². The highest BCUT2D eigenvalue weighted by Gasteiger charge is 2.26. The van der Waals surface area contributed by atoms with Crippen molar-refractivity contribution in [1.82, 2.24) is 9.62 Å². The topological polar surface area (TPSA) is 75.7 Å². The Labute approximate surface area is 204 Å². The Kier molecular flexibility index (Phi) is 9.54. The van der Waals surface area contributed by atoms with E-state index >= 15 is 0 Å². The molecule has 1 heterocycles. The molecule has 7 heteroatoms. The molecule has 6 nitrogen and oxygen atoms in total. The van der Waals surface area contributed by atoms with Gasteiger partial charge in [0, 0.05) is 26.1 Å². The van der Waals surface area contributed by atoms with Gasteiger partial charge in [0.15, 0.2) is 0 Å². The molecule has 3 rings (SSSR count). The number of nitrogens with one attached hydrogen (secondary N) is 1. The maximum absolute atomic E-state index is 13.0. The summed E-state index contributed by atoms with van der Waals surface area (Å²) >= 11 is 0. The quantitative estimate of drug-likeness (QED) is 0.468. The number of hydrogen-bond donors (Lipinski definition) is 1. The minimum Gasteiger partial charge on any atom is -0.496 e. The van der Waals surface area contributed by atoms with E-state index in [1.54, 1.807) is 29.6 Å². The molecule has 0 aromatic heterocycles. The van der Waals surface area contributed by atoms with Crippen LogP contribution in [-0.4, -0.2) is 45.4 Å². The van der Waals surface area contributed by atoms with Gasteiger partial charge < -0.3 is 10.1 Å². The predicted molar refractivity (Wildman–Crippen MR) is 136 cm³/mol. The normalized spacial score (nSPS) is 14.8. The highest BCUT2D eigenvalue weighted by Crippen LogP contribution is 2.27. The zero-order valence-corrected chi connectivity index (χ0v) is 21.5. The van der Waals surface area contributed by atoms with E-state index in [0.29, 0.717) is 37.7 Å². The van der Waals surface area contributed by atoms with Gasteiger partial charge in [-0.25, -0.2) is 8.42 Å². The molecule has 0 unspecified atom stereocenters. The molecule has 1 saturated heterocycles. The number of nitrogens with zero attached hydrogens (tertiary/aromatic N) is 1. The molecule has 0 aliphatic carbocycles. The van der Waals surface area contributed by atoms with E-state index in [1.807, 2.05) is 0 Å². The number of carbonyl (C=O) groups excluding carboxylic acids is 1. The molecule has 2 aromatic rings. The molecule has 1 aliphatic heterocycles. The maximum Gasteiger partial charge on any atom is 0.243 e. The first-order chi connectivity index (χ1) is 16.3. The molecular weight excluding hydrogens is 448 g/mol. The van der Waals surface area contributed by atoms with Crippen LogP contribution in [0.25, 0.3) is 0 Å². The van der Waals surface area contributed by atoms with Crippen molar-refractivity contribution in [3.8, 4) is 5.75 Å². The minimum atomic E-state index is -3.52. The number of piperidine rings is 1. The van der Waals surface area contributed by atoms with Crippen molar-refractivity contribution in [2.24, 2.45) is 0 Å². The zero-order chi connectivity index (χ0) is 24.6. The second-order valence-electron chi connectivity index (χ2n) is 9.29. The Balaban J connectivity index is 1.50. The summed E-state index contributed by atoms with van der Waals surface area (Å²) in [5, 5.41) is 2.98. The third-order valence-corrected chi connectivity index (χ3v) is 8.33. The molecule has 1 aliphatic rings. The molecule has 0 bridgehead atoms. The lowest BCUT2D eigenvalue weighted by Crippen LogP contribution is -2.35. The Morgan fingerprint density at radius 3 is 2.38 bits per heavy atom. The van der Waals surface area contributed by atoms with Gasteiger partial charge in [0.1, 0.15) is 5.75 Å². The first kappa shape index (κ1) is 26.2. The molecule has 1 N–H and O–H groups in total. The Morgan fingerprint density at radius 1 is 1.03 bits per heavy atom. The first-order valence-corrected chi connectivity index (χ1v) is 13.8. The van der Waals surface area contributed by atoms with Crippen molar-refractivity contribution in [1.29, 1.82) is 0 Å². The lowest BCUT2D eigenvalue weighted by molar-refractivity contribution is -0.121. The number of amides is 1. The molecule has 1 fully saturated rings. The number of methoxy groups -OCH3 is 1. The number of aryl methyl sites for hydroxylation is 2. The standard InChI is InChI=1S/C27H38N2O4S/c1-21(2)23-11-9-22(10-12-23)8-7-17-28-27(30)16-13-24-20-25(14-15-26(24)33-3)34(31,32)29-18-5-4-6-19-29/h9-12,14-15,20-21H,4-8,13,16-19H2,1-3H3,(H,28,30). The van der Waals surface area contributed by atoms with Crippen LogP contribution in [0.4, 0.5) is 0 Å². The van der Waals surface area contributed by atoms with E-state index in [1.165, 1.54) is 11.1 Å². The van der Waals surface area contributed by atoms with E-state index in [0.717, 1.165) is 37.7 Å². The third kappa shape index (κ3) is 7.06. The smallest absolute Gasteiger partial charge is 0.243 e. The molecule has 2 aromatic carbocycles. The highest BCUT2D eigenvalue weighted by molar-refractivity contribution is 7.89. The third-order valence-electron chi connectivity index (χ3n) is 6.44. The second-order valence-corrected chi connectivity index (χ2v) is 11.2. The number of rotatable bonds is 11. The fourth-order valence-electron chi connectivity index (χ4n) is 4.29. The van der Waals surface area contributed by atoms with Gasteiger partial charge in [-0.1, -0.05) is 44.5 Å². The SMILES string of the molecule is COc1ccc(S(=O)(=O)N2CCCCC2)cc1CCC(=O)NCCCc1ccc(C(C)C)cc1. The van der Waals surface area contributed by atoms with Crippen molar-refractivity contribution >= 4 is 15.9 Å². The van der Waals surface area contributed by atoms with Crippen LogP contribution in [0.2, 0.25) is 0 Å². The number of ether oxygens (including phenoxy) is 1. The number of sulfonamides is 1. The van der Waals surface area contributed by atoms with Crippen LogP contribution in [0.3, 0.4) is 0 Å². The summed E-state index contributed by atoms with van der Waals surface area (Å²) in [4.78, 5) is 12.7. The average Bonchev–Trinajstić information content (AvgIpc) is 2.86. The highest BCUT2D eigenvalue weighted by atomic mass is 32.2. The first-order valence-electron chi connectivity index (χ1n) is 12.3. The zero-order valence-electron chi connectivity index (χ0n) is 20.7. The van der Waals surface area contributed by atoms with Crippen molar-refractivity contribution < 1.29 is 17.9 Å². The summed E-state index contributed by atoms with van der Waals surface area (Å²) in [6.07, 6.45) is 5.36. The van der Waals surface area contributed by atoms with Crippen LogP contribution in [0.15, 0.2) is 47.4 Å². The summed E-state index contributed by atoms with van der Waals surface area (Å²) in [6, 6.07) is 13.6. The summed E-state index contributed by atoms with van der Waals surface area (Å²) in [7, 11) is -1.96. The van der Waals surface area contributed by atoms with Crippen molar-refractivity contribution in [2.75, 3.05) is 26.7 Å². The van der Waals surface area contributed by atoms with E-state index in [-0.39, 0.29) is 17.2 Å². The Morgan fingerprint density at radius 2 is 1.74 bits per heavy atom. The molecule has 0 radical (unpaired) electrons.